The van der Waals surface area contributed by atoms with E-state index in [2.05, 4.69) is 4.74 Å². The van der Waals surface area contributed by atoms with Gasteiger partial charge in [0.15, 0.2) is 29.5 Å². The maximum Gasteiger partial charge on any atom is 0.337 e. The molecule has 0 spiro atoms. The number of benzene rings is 3. The second-order valence-electron chi connectivity index (χ2n) is 12.8. The number of carbonyl (C=O) groups is 2. The molecule has 4 aromatic rings. The Morgan fingerprint density at radius 3 is 2.16 bits per heavy atom. The van der Waals surface area contributed by atoms with Crippen molar-refractivity contribution < 1.29 is 93.5 Å². The topological polar surface area (TPSA) is 322 Å². The number of methoxy groups -OCH3 is 1. The molecule has 2 aliphatic heterocycles. The Balaban J connectivity index is 1.38. The third kappa shape index (κ3) is 8.28. The molecule has 0 saturated carbocycles. The van der Waals surface area contributed by atoms with Crippen LogP contribution in [0.4, 0.5) is 0 Å². The van der Waals surface area contributed by atoms with Crippen molar-refractivity contribution in [2.75, 3.05) is 13.7 Å². The first-order valence-electron chi connectivity index (χ1n) is 16.9. The second kappa shape index (κ2) is 16.6. The Kier molecular flexibility index (Phi) is 11.9. The molecule has 2 fully saturated rings. The molecule has 3 heterocycles. The number of aliphatic hydroxyl groups is 6. The van der Waals surface area contributed by atoms with Crippen LogP contribution in [0.3, 0.4) is 0 Å². The second-order valence-corrected chi connectivity index (χ2v) is 12.8. The number of carbonyl (C=O) groups excluding carboxylic acids is 2. The monoisotopic (exact) mass is 800 g/mol. The van der Waals surface area contributed by atoms with Crippen molar-refractivity contribution in [3.05, 3.63) is 76.5 Å². The quantitative estimate of drug-likeness (QED) is 0.0527. The summed E-state index contributed by atoms with van der Waals surface area (Å²) in [4.78, 5) is 39.3. The summed E-state index contributed by atoms with van der Waals surface area (Å²) < 4.78 is 38.5. The van der Waals surface area contributed by atoms with Crippen molar-refractivity contribution in [1.82, 2.24) is 0 Å². The van der Waals surface area contributed by atoms with Gasteiger partial charge in [-0.15, -0.1) is 0 Å². The van der Waals surface area contributed by atoms with Gasteiger partial charge in [0.25, 0.3) is 0 Å². The lowest BCUT2D eigenvalue weighted by atomic mass is 9.99. The third-order valence-corrected chi connectivity index (χ3v) is 9.01. The van der Waals surface area contributed by atoms with E-state index >= 15 is 0 Å². The number of rotatable bonds is 10. The van der Waals surface area contributed by atoms with E-state index in [-0.39, 0.29) is 28.2 Å². The first-order chi connectivity index (χ1) is 27.1. The molecule has 6 rings (SSSR count). The fourth-order valence-corrected chi connectivity index (χ4v) is 6.00. The highest BCUT2D eigenvalue weighted by Gasteiger charge is 2.50. The van der Waals surface area contributed by atoms with Crippen LogP contribution < -0.4 is 14.9 Å². The molecule has 0 radical (unpaired) electrons. The van der Waals surface area contributed by atoms with Crippen LogP contribution >= 0.6 is 0 Å². The number of aromatic hydroxyl groups is 4. The highest BCUT2D eigenvalue weighted by atomic mass is 16.7. The summed E-state index contributed by atoms with van der Waals surface area (Å²) in [6, 6.07) is 10.7. The van der Waals surface area contributed by atoms with Crippen LogP contribution in [0.25, 0.3) is 28.4 Å². The van der Waals surface area contributed by atoms with Crippen LogP contribution in [0.1, 0.15) is 5.56 Å². The van der Waals surface area contributed by atoms with Gasteiger partial charge in [-0.2, -0.15) is 0 Å². The number of phenolic OH excluding ortho intramolecular Hbond substituents is 4. The molecule has 0 aliphatic carbocycles. The Morgan fingerprint density at radius 2 is 1.49 bits per heavy atom. The molecule has 20 heteroatoms. The van der Waals surface area contributed by atoms with E-state index in [1.165, 1.54) is 36.4 Å². The van der Waals surface area contributed by atoms with Crippen molar-refractivity contribution in [1.29, 1.82) is 0 Å². The SMILES string of the molecule is COC(=O)[C@H]1O[C@@H](Oc2cc(O)c3c(=O)c(O[C@H]4O[C@@H](CO)[C@H](O)[C@@H](O)[C@@H]4OC(=O)/C=C/c4ccc(O)c(O)c4)c(-c4ccc(O)cc4)oc3c2)[C@H](O)[C@@H](O)[C@@H]1O. The predicted octanol–water partition coefficient (Wildman–Crippen LogP) is -0.915. The molecule has 0 bridgehead atoms. The molecule has 3 aromatic carbocycles. The van der Waals surface area contributed by atoms with Crippen LogP contribution in [0.15, 0.2) is 69.9 Å². The minimum Gasteiger partial charge on any atom is -0.508 e. The van der Waals surface area contributed by atoms with Crippen LogP contribution in [-0.2, 0) is 28.5 Å². The summed E-state index contributed by atoms with van der Waals surface area (Å²) in [5, 5.41) is 102. The standard InChI is InChI=1S/C37H36O20/c1-51-35(50)33-29(48)27(46)30(49)36(57-33)52-17-11-20(42)24-21(12-17)53-31(15-4-6-16(39)7-5-15)32(26(24)45)56-37-34(28(47)25(44)22(13-38)54-37)55-23(43)9-3-14-2-8-18(40)19(41)10-14/h2-12,22,25,27-30,33-34,36-42,44,46-49H,13H2,1H3/b9-3+/t22-,25-,27-,28+,29-,30+,33-,34-,36+,37+/m0/s1. The lowest BCUT2D eigenvalue weighted by molar-refractivity contribution is -0.281. The first kappa shape index (κ1) is 40.7. The number of ether oxygens (including phenoxy) is 6. The largest absolute Gasteiger partial charge is 0.508 e. The molecule has 0 amide bonds. The Morgan fingerprint density at radius 1 is 0.772 bits per heavy atom. The van der Waals surface area contributed by atoms with E-state index in [0.717, 1.165) is 37.5 Å². The summed E-state index contributed by atoms with van der Waals surface area (Å²) in [5.41, 5.74) is -1.16. The summed E-state index contributed by atoms with van der Waals surface area (Å²) in [6.45, 7) is -0.876. The van der Waals surface area contributed by atoms with Crippen molar-refractivity contribution in [2.24, 2.45) is 0 Å². The van der Waals surface area contributed by atoms with Gasteiger partial charge in [-0.1, -0.05) is 6.07 Å². The van der Waals surface area contributed by atoms with Gasteiger partial charge in [-0.25, -0.2) is 9.59 Å². The zero-order chi connectivity index (χ0) is 41.3. The van der Waals surface area contributed by atoms with Gasteiger partial charge in [-0.3, -0.25) is 4.79 Å². The van der Waals surface area contributed by atoms with Gasteiger partial charge in [-0.05, 0) is 48.0 Å². The number of fused-ring (bicyclic) bond motifs is 1. The fraction of sp³-hybridized carbons (Fsp3) is 0.324. The molecule has 20 nitrogen and oxygen atoms in total. The first-order valence-corrected chi connectivity index (χ1v) is 16.9. The average Bonchev–Trinajstić information content (AvgIpc) is 3.18. The maximum absolute atomic E-state index is 14.2. The molecule has 10 N–H and O–H groups in total. The van der Waals surface area contributed by atoms with Gasteiger partial charge < -0.3 is 83.9 Å². The molecule has 2 aliphatic rings. The van der Waals surface area contributed by atoms with E-state index < -0.39 is 120 Å². The van der Waals surface area contributed by atoms with E-state index in [1.54, 1.807) is 0 Å². The van der Waals surface area contributed by atoms with Crippen molar-refractivity contribution in [3.63, 3.8) is 0 Å². The number of esters is 2. The molecule has 10 atom stereocenters. The van der Waals surface area contributed by atoms with Crippen LogP contribution in [0.5, 0.6) is 34.5 Å². The highest BCUT2D eigenvalue weighted by Crippen LogP contribution is 2.39. The summed E-state index contributed by atoms with van der Waals surface area (Å²) in [6.07, 6.45) is -16.5. The van der Waals surface area contributed by atoms with E-state index in [1.807, 2.05) is 0 Å². The summed E-state index contributed by atoms with van der Waals surface area (Å²) in [5.74, 6) is -5.59. The maximum atomic E-state index is 14.2. The van der Waals surface area contributed by atoms with Crippen molar-refractivity contribution in [2.45, 2.75) is 61.4 Å². The molecule has 57 heavy (non-hydrogen) atoms. The van der Waals surface area contributed by atoms with Gasteiger partial charge in [0, 0.05) is 23.8 Å². The molecule has 1 aromatic heterocycles. The number of hydrogen-bond acceptors (Lipinski definition) is 20. The summed E-state index contributed by atoms with van der Waals surface area (Å²) in [7, 11) is 0.995. The van der Waals surface area contributed by atoms with Gasteiger partial charge in [0.1, 0.15) is 64.8 Å². The van der Waals surface area contributed by atoms with Gasteiger partial charge in [0.2, 0.25) is 23.8 Å². The van der Waals surface area contributed by atoms with Gasteiger partial charge >= 0.3 is 11.9 Å². The average molecular weight is 801 g/mol. The predicted molar refractivity (Wildman–Crippen MR) is 188 cm³/mol. The number of hydrogen-bond donors (Lipinski definition) is 10. The minimum atomic E-state index is -1.98. The molecule has 2 saturated heterocycles. The minimum absolute atomic E-state index is 0.0698. The van der Waals surface area contributed by atoms with Crippen LogP contribution in [0, 0.1) is 0 Å². The molecular formula is C37H36O20. The van der Waals surface area contributed by atoms with Crippen LogP contribution in [-0.4, -0.2) is 138 Å². The van der Waals surface area contributed by atoms with E-state index in [4.69, 9.17) is 28.1 Å². The zero-order valence-corrected chi connectivity index (χ0v) is 29.4. The van der Waals surface area contributed by atoms with Gasteiger partial charge in [0.05, 0.1) is 13.7 Å². The lowest BCUT2D eigenvalue weighted by Crippen LogP contribution is -2.61. The van der Waals surface area contributed by atoms with E-state index in [9.17, 15) is 65.4 Å². The lowest BCUT2D eigenvalue weighted by Gasteiger charge is -2.41. The molecule has 304 valence electrons. The number of aliphatic hydroxyl groups excluding tert-OH is 6. The Hall–Kier alpha value is -5.97. The van der Waals surface area contributed by atoms with Crippen molar-refractivity contribution in [3.8, 4) is 45.8 Å². The third-order valence-electron chi connectivity index (χ3n) is 9.01. The fourth-order valence-electron chi connectivity index (χ4n) is 6.00. The Labute approximate surface area is 319 Å². The summed E-state index contributed by atoms with van der Waals surface area (Å²) >= 11 is 0. The van der Waals surface area contributed by atoms with Crippen LogP contribution in [0.2, 0.25) is 0 Å². The Bertz CT molecular complexity index is 2200. The zero-order valence-electron chi connectivity index (χ0n) is 29.4. The molecular weight excluding hydrogens is 764 g/mol. The smallest absolute Gasteiger partial charge is 0.337 e. The number of phenols is 4. The normalized spacial score (nSPS) is 27.6. The van der Waals surface area contributed by atoms with Crippen molar-refractivity contribution >= 4 is 29.0 Å². The highest BCUT2D eigenvalue weighted by molar-refractivity contribution is 5.89. The van der Waals surface area contributed by atoms with E-state index in [0.29, 0.717) is 0 Å². The molecule has 0 unspecified atom stereocenters.